The fourth-order valence-corrected chi connectivity index (χ4v) is 1.89. The summed E-state index contributed by atoms with van der Waals surface area (Å²) in [5, 5.41) is 12.5. The number of rotatable bonds is 6. The quantitative estimate of drug-likeness (QED) is 0.694. The van der Waals surface area contributed by atoms with Crippen molar-refractivity contribution in [3.63, 3.8) is 0 Å². The SMILES string of the molecule is CC(CC(N)=O)NC(C)Cc1ccc(O)cc1. The molecule has 2 unspecified atom stereocenters. The third-order valence-corrected chi connectivity index (χ3v) is 2.55. The molecule has 0 aliphatic carbocycles. The van der Waals surface area contributed by atoms with Crippen molar-refractivity contribution in [1.82, 2.24) is 5.32 Å². The van der Waals surface area contributed by atoms with Crippen LogP contribution in [0.4, 0.5) is 0 Å². The zero-order valence-electron chi connectivity index (χ0n) is 10.3. The molecule has 1 aromatic rings. The number of carbonyl (C=O) groups excluding carboxylic acids is 1. The van der Waals surface area contributed by atoms with Gasteiger partial charge in [0, 0.05) is 18.5 Å². The molecule has 0 bridgehead atoms. The summed E-state index contributed by atoms with van der Waals surface area (Å²) in [6, 6.07) is 7.48. The van der Waals surface area contributed by atoms with Crippen molar-refractivity contribution in [3.05, 3.63) is 29.8 Å². The van der Waals surface area contributed by atoms with Crippen LogP contribution < -0.4 is 11.1 Å². The van der Waals surface area contributed by atoms with Crippen LogP contribution in [0.2, 0.25) is 0 Å². The lowest BCUT2D eigenvalue weighted by atomic mass is 10.1. The van der Waals surface area contributed by atoms with Gasteiger partial charge in [0.1, 0.15) is 5.75 Å². The summed E-state index contributed by atoms with van der Waals surface area (Å²) in [5.41, 5.74) is 6.28. The maximum absolute atomic E-state index is 10.7. The monoisotopic (exact) mass is 236 g/mol. The van der Waals surface area contributed by atoms with Crippen LogP contribution in [-0.4, -0.2) is 23.1 Å². The summed E-state index contributed by atoms with van der Waals surface area (Å²) in [6.07, 6.45) is 1.20. The van der Waals surface area contributed by atoms with E-state index < -0.39 is 0 Å². The van der Waals surface area contributed by atoms with Crippen LogP contribution in [0.1, 0.15) is 25.8 Å². The van der Waals surface area contributed by atoms with Crippen LogP contribution >= 0.6 is 0 Å². The Morgan fingerprint density at radius 2 is 1.88 bits per heavy atom. The number of benzene rings is 1. The number of carbonyl (C=O) groups is 1. The third kappa shape index (κ3) is 5.36. The molecule has 0 aliphatic rings. The second-order valence-corrected chi connectivity index (χ2v) is 4.51. The Bertz CT molecular complexity index is 362. The minimum atomic E-state index is -0.290. The number of nitrogens with two attached hydrogens (primary N) is 1. The molecule has 0 aliphatic heterocycles. The average Bonchev–Trinajstić information content (AvgIpc) is 2.19. The summed E-state index contributed by atoms with van der Waals surface area (Å²) < 4.78 is 0. The van der Waals surface area contributed by atoms with Crippen LogP contribution in [0.25, 0.3) is 0 Å². The van der Waals surface area contributed by atoms with E-state index in [2.05, 4.69) is 12.2 Å². The third-order valence-electron chi connectivity index (χ3n) is 2.55. The molecular formula is C13H20N2O2. The van der Waals surface area contributed by atoms with Crippen LogP contribution in [0.5, 0.6) is 5.75 Å². The molecule has 4 N–H and O–H groups in total. The van der Waals surface area contributed by atoms with Gasteiger partial charge in [0.15, 0.2) is 0 Å². The number of primary amides is 1. The standard InChI is InChI=1S/C13H20N2O2/c1-9(15-10(2)8-13(14)17)7-11-3-5-12(16)6-4-11/h3-6,9-10,15-16H,7-8H2,1-2H3,(H2,14,17). The summed E-state index contributed by atoms with van der Waals surface area (Å²) in [4.78, 5) is 10.7. The average molecular weight is 236 g/mol. The Morgan fingerprint density at radius 3 is 2.41 bits per heavy atom. The Balaban J connectivity index is 2.41. The van der Waals surface area contributed by atoms with Crippen molar-refractivity contribution in [2.24, 2.45) is 5.73 Å². The Hall–Kier alpha value is -1.55. The van der Waals surface area contributed by atoms with Crippen molar-refractivity contribution >= 4 is 5.91 Å². The van der Waals surface area contributed by atoms with Crippen LogP contribution in [0.15, 0.2) is 24.3 Å². The normalized spacial score (nSPS) is 14.2. The first kappa shape index (κ1) is 13.5. The molecule has 0 heterocycles. The van der Waals surface area contributed by atoms with Gasteiger partial charge in [0.05, 0.1) is 0 Å². The van der Waals surface area contributed by atoms with Crippen molar-refractivity contribution in [2.75, 3.05) is 0 Å². The highest BCUT2D eigenvalue weighted by atomic mass is 16.3. The summed E-state index contributed by atoms with van der Waals surface area (Å²) >= 11 is 0. The van der Waals surface area contributed by atoms with Crippen molar-refractivity contribution < 1.29 is 9.90 Å². The maximum Gasteiger partial charge on any atom is 0.218 e. The molecule has 0 spiro atoms. The smallest absolute Gasteiger partial charge is 0.218 e. The Labute approximate surface area is 102 Å². The fraction of sp³-hybridized carbons (Fsp3) is 0.462. The number of hydrogen-bond acceptors (Lipinski definition) is 3. The van der Waals surface area contributed by atoms with Crippen LogP contribution in [-0.2, 0) is 11.2 Å². The molecule has 1 aromatic carbocycles. The lowest BCUT2D eigenvalue weighted by Gasteiger charge is -2.19. The predicted octanol–water partition coefficient (Wildman–Crippen LogP) is 1.18. The second kappa shape index (κ2) is 6.25. The first-order valence-electron chi connectivity index (χ1n) is 5.79. The Morgan fingerprint density at radius 1 is 1.29 bits per heavy atom. The van der Waals surface area contributed by atoms with E-state index >= 15 is 0 Å². The number of nitrogens with one attached hydrogen (secondary N) is 1. The zero-order valence-corrected chi connectivity index (χ0v) is 10.3. The number of aromatic hydroxyl groups is 1. The molecule has 2 atom stereocenters. The molecule has 1 amide bonds. The van der Waals surface area contributed by atoms with E-state index in [-0.39, 0.29) is 23.7 Å². The lowest BCUT2D eigenvalue weighted by Crippen LogP contribution is -2.38. The van der Waals surface area contributed by atoms with Gasteiger partial charge in [-0.25, -0.2) is 0 Å². The molecule has 4 heteroatoms. The van der Waals surface area contributed by atoms with Gasteiger partial charge < -0.3 is 16.2 Å². The minimum Gasteiger partial charge on any atom is -0.508 e. The highest BCUT2D eigenvalue weighted by Gasteiger charge is 2.10. The summed E-state index contributed by atoms with van der Waals surface area (Å²) in [5.74, 6) is -0.0155. The molecule has 1 rings (SSSR count). The van der Waals surface area contributed by atoms with Gasteiger partial charge in [0.25, 0.3) is 0 Å². The van der Waals surface area contributed by atoms with Crippen molar-refractivity contribution in [2.45, 2.75) is 38.8 Å². The van der Waals surface area contributed by atoms with E-state index in [0.29, 0.717) is 6.42 Å². The molecule has 0 fully saturated rings. The number of hydrogen-bond donors (Lipinski definition) is 3. The topological polar surface area (TPSA) is 75.4 Å². The molecule has 0 radical (unpaired) electrons. The molecule has 0 saturated carbocycles. The molecule has 94 valence electrons. The predicted molar refractivity (Wildman–Crippen MR) is 67.7 cm³/mol. The molecule has 0 saturated heterocycles. The largest absolute Gasteiger partial charge is 0.508 e. The van der Waals surface area contributed by atoms with Gasteiger partial charge in [0.2, 0.25) is 5.91 Å². The first-order chi connectivity index (χ1) is 7.97. The van der Waals surface area contributed by atoms with Crippen molar-refractivity contribution in [3.8, 4) is 5.75 Å². The molecular weight excluding hydrogens is 216 g/mol. The van der Waals surface area contributed by atoms with Gasteiger partial charge in [-0.05, 0) is 38.0 Å². The summed E-state index contributed by atoms with van der Waals surface area (Å²) in [7, 11) is 0. The van der Waals surface area contributed by atoms with Crippen molar-refractivity contribution in [1.29, 1.82) is 0 Å². The molecule has 17 heavy (non-hydrogen) atoms. The highest BCUT2D eigenvalue weighted by Crippen LogP contribution is 2.11. The number of phenols is 1. The fourth-order valence-electron chi connectivity index (χ4n) is 1.89. The van der Waals surface area contributed by atoms with Crippen LogP contribution in [0.3, 0.4) is 0 Å². The van der Waals surface area contributed by atoms with E-state index in [1.54, 1.807) is 12.1 Å². The van der Waals surface area contributed by atoms with Gasteiger partial charge in [-0.3, -0.25) is 4.79 Å². The first-order valence-corrected chi connectivity index (χ1v) is 5.79. The summed E-state index contributed by atoms with van der Waals surface area (Å²) in [6.45, 7) is 4.00. The second-order valence-electron chi connectivity index (χ2n) is 4.51. The number of phenolic OH excluding ortho intramolecular Hbond substituents is 1. The van der Waals surface area contributed by atoms with E-state index in [0.717, 1.165) is 12.0 Å². The van der Waals surface area contributed by atoms with Gasteiger partial charge in [-0.2, -0.15) is 0 Å². The maximum atomic E-state index is 10.7. The van der Waals surface area contributed by atoms with Gasteiger partial charge >= 0.3 is 0 Å². The minimum absolute atomic E-state index is 0.0830. The van der Waals surface area contributed by atoms with Gasteiger partial charge in [-0.15, -0.1) is 0 Å². The molecule has 0 aromatic heterocycles. The van der Waals surface area contributed by atoms with Gasteiger partial charge in [-0.1, -0.05) is 12.1 Å². The number of amides is 1. The van der Waals surface area contributed by atoms with E-state index in [4.69, 9.17) is 10.8 Å². The molecule has 4 nitrogen and oxygen atoms in total. The van der Waals surface area contributed by atoms with E-state index in [1.165, 1.54) is 0 Å². The zero-order chi connectivity index (χ0) is 12.8. The van der Waals surface area contributed by atoms with Crippen LogP contribution in [0, 0.1) is 0 Å². The van der Waals surface area contributed by atoms with E-state index in [1.807, 2.05) is 19.1 Å². The lowest BCUT2D eigenvalue weighted by molar-refractivity contribution is -0.118. The highest BCUT2D eigenvalue weighted by molar-refractivity contribution is 5.74. The Kier molecular flexibility index (Phi) is 4.97. The van der Waals surface area contributed by atoms with E-state index in [9.17, 15) is 4.79 Å².